The molecule has 0 aromatic heterocycles. The number of nitro groups is 1. The van der Waals surface area contributed by atoms with Crippen molar-refractivity contribution >= 4 is 11.8 Å². The van der Waals surface area contributed by atoms with Gasteiger partial charge in [0, 0.05) is 31.5 Å². The molecule has 1 aromatic rings. The number of non-ortho nitro benzene ring substituents is 1. The summed E-state index contributed by atoms with van der Waals surface area (Å²) in [5, 5.41) is 20.2. The molecule has 1 aliphatic rings. The Hall–Kier alpha value is -2.31. The molecule has 1 aromatic carbocycles. The summed E-state index contributed by atoms with van der Waals surface area (Å²) >= 11 is 0. The zero-order chi connectivity index (χ0) is 17.2. The van der Waals surface area contributed by atoms with Crippen LogP contribution in [0.3, 0.4) is 0 Å². The summed E-state index contributed by atoms with van der Waals surface area (Å²) in [5.74, 6) is 0.445. The van der Waals surface area contributed by atoms with Crippen LogP contribution in [0.2, 0.25) is 0 Å². The Morgan fingerprint density at radius 3 is 2.70 bits per heavy atom. The average Bonchev–Trinajstić information content (AvgIpc) is 2.46. The van der Waals surface area contributed by atoms with Gasteiger partial charge in [-0.05, 0) is 11.5 Å². The molecule has 1 aliphatic heterocycles. The smallest absolute Gasteiger partial charge is 0.407 e. The monoisotopic (exact) mass is 322 g/mol. The third-order valence-corrected chi connectivity index (χ3v) is 4.13. The number of hydrogen-bond donors (Lipinski definition) is 1. The molecule has 1 heterocycles. The van der Waals surface area contributed by atoms with Gasteiger partial charge in [-0.1, -0.05) is 26.8 Å². The van der Waals surface area contributed by atoms with Crippen molar-refractivity contribution in [2.24, 2.45) is 5.41 Å². The molecule has 2 atom stereocenters. The van der Waals surface area contributed by atoms with E-state index < -0.39 is 11.0 Å². The number of nitrogens with zero attached hydrogens (tertiary/aromatic N) is 2. The number of amides is 1. The Morgan fingerprint density at radius 2 is 2.13 bits per heavy atom. The van der Waals surface area contributed by atoms with E-state index in [0.717, 1.165) is 0 Å². The second-order valence-corrected chi connectivity index (χ2v) is 6.88. The molecule has 7 nitrogen and oxygen atoms in total. The first-order valence-corrected chi connectivity index (χ1v) is 7.59. The molecule has 126 valence electrons. The molecule has 0 spiro atoms. The molecule has 1 saturated heterocycles. The van der Waals surface area contributed by atoms with Gasteiger partial charge in [-0.15, -0.1) is 0 Å². The molecule has 1 amide bonds. The normalized spacial score (nSPS) is 21.8. The van der Waals surface area contributed by atoms with Crippen molar-refractivity contribution < 1.29 is 19.6 Å². The van der Waals surface area contributed by atoms with Crippen LogP contribution < -0.4 is 4.74 Å². The number of piperidine rings is 1. The number of nitro benzene ring substituents is 1. The van der Waals surface area contributed by atoms with Gasteiger partial charge in [-0.25, -0.2) is 4.79 Å². The molecule has 23 heavy (non-hydrogen) atoms. The van der Waals surface area contributed by atoms with Crippen LogP contribution in [-0.2, 0) is 0 Å². The Morgan fingerprint density at radius 1 is 1.43 bits per heavy atom. The lowest BCUT2D eigenvalue weighted by atomic mass is 9.80. The Kier molecular flexibility index (Phi) is 4.77. The number of benzene rings is 1. The lowest BCUT2D eigenvalue weighted by Crippen LogP contribution is -2.53. The van der Waals surface area contributed by atoms with Crippen LogP contribution in [0, 0.1) is 15.5 Å². The van der Waals surface area contributed by atoms with Gasteiger partial charge in [0.25, 0.3) is 5.69 Å². The average molecular weight is 322 g/mol. The quantitative estimate of drug-likeness (QED) is 0.678. The van der Waals surface area contributed by atoms with Gasteiger partial charge in [0.2, 0.25) is 0 Å². The molecular formula is C16H22N2O5. The van der Waals surface area contributed by atoms with E-state index in [2.05, 4.69) is 0 Å². The fourth-order valence-corrected chi connectivity index (χ4v) is 2.95. The number of carbonyl (C=O) groups is 1. The largest absolute Gasteiger partial charge is 0.490 e. The number of ether oxygens (including phenoxy) is 1. The molecule has 0 saturated carbocycles. The molecular weight excluding hydrogens is 300 g/mol. The maximum Gasteiger partial charge on any atom is 0.407 e. The van der Waals surface area contributed by atoms with Gasteiger partial charge in [0.15, 0.2) is 0 Å². The predicted molar refractivity (Wildman–Crippen MR) is 84.7 cm³/mol. The third kappa shape index (κ3) is 4.12. The van der Waals surface area contributed by atoms with Crippen molar-refractivity contribution in [3.63, 3.8) is 0 Å². The summed E-state index contributed by atoms with van der Waals surface area (Å²) in [6, 6.07) is 5.93. The maximum absolute atomic E-state index is 11.4. The second-order valence-electron chi connectivity index (χ2n) is 6.88. The van der Waals surface area contributed by atoms with E-state index in [1.165, 1.54) is 17.0 Å². The number of hydrogen-bond acceptors (Lipinski definition) is 4. The van der Waals surface area contributed by atoms with Crippen LogP contribution in [-0.4, -0.2) is 39.7 Å². The highest BCUT2D eigenvalue weighted by Crippen LogP contribution is 2.34. The summed E-state index contributed by atoms with van der Waals surface area (Å²) in [5.41, 5.74) is -0.221. The second kappa shape index (κ2) is 6.44. The van der Waals surface area contributed by atoms with Gasteiger partial charge in [0.05, 0.1) is 11.0 Å². The van der Waals surface area contributed by atoms with E-state index in [9.17, 15) is 20.0 Å². The number of carboxylic acid groups (broad SMARTS) is 1. The van der Waals surface area contributed by atoms with Crippen molar-refractivity contribution in [2.75, 3.05) is 6.54 Å². The zero-order valence-corrected chi connectivity index (χ0v) is 13.6. The summed E-state index contributed by atoms with van der Waals surface area (Å²) in [7, 11) is 0. The molecule has 0 bridgehead atoms. The van der Waals surface area contributed by atoms with E-state index in [1.807, 2.05) is 20.8 Å². The molecule has 0 aliphatic carbocycles. The molecule has 2 unspecified atom stereocenters. The van der Waals surface area contributed by atoms with Gasteiger partial charge >= 0.3 is 6.09 Å². The van der Waals surface area contributed by atoms with Crippen LogP contribution in [0.1, 0.15) is 33.6 Å². The van der Waals surface area contributed by atoms with Gasteiger partial charge in [-0.3, -0.25) is 10.1 Å². The van der Waals surface area contributed by atoms with E-state index in [4.69, 9.17) is 4.74 Å². The highest BCUT2D eigenvalue weighted by Gasteiger charge is 2.39. The van der Waals surface area contributed by atoms with Gasteiger partial charge < -0.3 is 14.7 Å². The molecule has 0 radical (unpaired) electrons. The first-order chi connectivity index (χ1) is 10.7. The molecule has 1 N–H and O–H groups in total. The highest BCUT2D eigenvalue weighted by molar-refractivity contribution is 5.65. The number of likely N-dealkylation sites (tertiary alicyclic amines) is 1. The van der Waals surface area contributed by atoms with Crippen molar-refractivity contribution in [3.05, 3.63) is 34.4 Å². The first kappa shape index (κ1) is 17.1. The molecule has 2 rings (SSSR count). The van der Waals surface area contributed by atoms with Gasteiger partial charge in [-0.2, -0.15) is 0 Å². The SMILES string of the molecule is CC(C)(C)C1CC(Oc2cccc([N+](=O)[O-])c2)CCN1C(=O)O. The minimum atomic E-state index is -0.918. The van der Waals surface area contributed by atoms with Crippen LogP contribution >= 0.6 is 0 Å². The van der Waals surface area contributed by atoms with E-state index in [-0.39, 0.29) is 23.2 Å². The standard InChI is InChI=1S/C16H22N2O5/c1-16(2,3)14-10-13(7-8-17(14)15(19)20)23-12-6-4-5-11(9-12)18(21)22/h4-6,9,13-14H,7-8,10H2,1-3H3,(H,19,20). The lowest BCUT2D eigenvalue weighted by Gasteiger charge is -2.44. The summed E-state index contributed by atoms with van der Waals surface area (Å²) < 4.78 is 5.88. The van der Waals surface area contributed by atoms with E-state index in [0.29, 0.717) is 25.1 Å². The fourth-order valence-electron chi connectivity index (χ4n) is 2.95. The topological polar surface area (TPSA) is 92.9 Å². The zero-order valence-electron chi connectivity index (χ0n) is 13.6. The fraction of sp³-hybridized carbons (Fsp3) is 0.562. The minimum Gasteiger partial charge on any atom is -0.490 e. The summed E-state index contributed by atoms with van der Waals surface area (Å²) in [6.07, 6.45) is 0.0654. The Bertz CT molecular complexity index is 596. The van der Waals surface area contributed by atoms with Crippen LogP contribution in [0.5, 0.6) is 5.75 Å². The summed E-state index contributed by atoms with van der Waals surface area (Å²) in [6.45, 7) is 6.41. The van der Waals surface area contributed by atoms with Crippen LogP contribution in [0.4, 0.5) is 10.5 Å². The maximum atomic E-state index is 11.4. The van der Waals surface area contributed by atoms with Crippen molar-refractivity contribution in [1.82, 2.24) is 4.90 Å². The molecule has 1 fully saturated rings. The number of rotatable bonds is 3. The van der Waals surface area contributed by atoms with E-state index >= 15 is 0 Å². The van der Waals surface area contributed by atoms with Crippen molar-refractivity contribution in [3.8, 4) is 5.75 Å². The van der Waals surface area contributed by atoms with Crippen molar-refractivity contribution in [1.29, 1.82) is 0 Å². The van der Waals surface area contributed by atoms with Crippen LogP contribution in [0.15, 0.2) is 24.3 Å². The van der Waals surface area contributed by atoms with Crippen molar-refractivity contribution in [2.45, 2.75) is 45.8 Å². The van der Waals surface area contributed by atoms with E-state index in [1.54, 1.807) is 12.1 Å². The Balaban J connectivity index is 2.12. The van der Waals surface area contributed by atoms with Crippen LogP contribution in [0.25, 0.3) is 0 Å². The molecule has 7 heteroatoms. The minimum absolute atomic E-state index is 0.0159. The lowest BCUT2D eigenvalue weighted by molar-refractivity contribution is -0.385. The highest BCUT2D eigenvalue weighted by atomic mass is 16.6. The Labute approximate surface area is 135 Å². The third-order valence-electron chi connectivity index (χ3n) is 4.13. The van der Waals surface area contributed by atoms with Gasteiger partial charge in [0.1, 0.15) is 11.9 Å². The predicted octanol–water partition coefficient (Wildman–Crippen LogP) is 3.53. The first-order valence-electron chi connectivity index (χ1n) is 7.59. The summed E-state index contributed by atoms with van der Waals surface area (Å²) in [4.78, 5) is 23.2.